The number of nitrogens with one attached hydrogen (secondary N) is 1. The molecule has 1 unspecified atom stereocenters. The molecule has 1 aromatic heterocycles. The minimum absolute atomic E-state index is 0.446. The summed E-state index contributed by atoms with van der Waals surface area (Å²) in [5.74, 6) is 2.25. The summed E-state index contributed by atoms with van der Waals surface area (Å²) in [6.45, 7) is 6.78. The predicted octanol–water partition coefficient (Wildman–Crippen LogP) is 1.33. The second-order valence-corrected chi connectivity index (χ2v) is 4.40. The van der Waals surface area contributed by atoms with Crippen molar-refractivity contribution in [3.8, 4) is 0 Å². The Morgan fingerprint density at radius 1 is 1.47 bits per heavy atom. The van der Waals surface area contributed by atoms with E-state index in [9.17, 15) is 0 Å². The van der Waals surface area contributed by atoms with Gasteiger partial charge in [0.15, 0.2) is 0 Å². The quantitative estimate of drug-likeness (QED) is 0.749. The summed E-state index contributed by atoms with van der Waals surface area (Å²) in [5, 5.41) is 3.27. The zero-order valence-electron chi connectivity index (χ0n) is 11.0. The summed E-state index contributed by atoms with van der Waals surface area (Å²) in [6, 6.07) is 1.97. The maximum atomic E-state index is 5.57. The van der Waals surface area contributed by atoms with E-state index >= 15 is 0 Å². The second-order valence-electron chi connectivity index (χ2n) is 4.40. The van der Waals surface area contributed by atoms with E-state index in [0.717, 1.165) is 31.1 Å². The minimum Gasteiger partial charge on any atom is -0.370 e. The monoisotopic (exact) mass is 237 g/mol. The molecule has 0 spiro atoms. The average molecular weight is 237 g/mol. The highest BCUT2D eigenvalue weighted by Gasteiger charge is 2.04. The van der Waals surface area contributed by atoms with E-state index in [0.29, 0.717) is 12.5 Å². The fraction of sp³-hybridized carbons (Fsp3) is 0.667. The van der Waals surface area contributed by atoms with Crippen LogP contribution >= 0.6 is 0 Å². The van der Waals surface area contributed by atoms with Crippen LogP contribution in [0.4, 0.5) is 11.6 Å². The highest BCUT2D eigenvalue weighted by atomic mass is 15.2. The zero-order chi connectivity index (χ0) is 12.7. The summed E-state index contributed by atoms with van der Waals surface area (Å²) in [6.07, 6.45) is 2.70. The molecule has 0 aliphatic heterocycles. The Kier molecular flexibility index (Phi) is 5.69. The molecule has 0 saturated carbocycles. The maximum Gasteiger partial charge on any atom is 0.133 e. The molecule has 1 heterocycles. The van der Waals surface area contributed by atoms with Crippen molar-refractivity contribution in [2.24, 2.45) is 11.7 Å². The van der Waals surface area contributed by atoms with E-state index < -0.39 is 0 Å². The number of anilines is 2. The van der Waals surface area contributed by atoms with Gasteiger partial charge in [0, 0.05) is 26.2 Å². The molecule has 1 aromatic rings. The molecule has 96 valence electrons. The van der Waals surface area contributed by atoms with Crippen molar-refractivity contribution < 1.29 is 0 Å². The molecule has 0 aliphatic carbocycles. The van der Waals surface area contributed by atoms with Gasteiger partial charge in [0.25, 0.3) is 0 Å². The van der Waals surface area contributed by atoms with Gasteiger partial charge in [-0.3, -0.25) is 0 Å². The van der Waals surface area contributed by atoms with Crippen molar-refractivity contribution in [1.82, 2.24) is 9.97 Å². The number of nitrogens with two attached hydrogens (primary N) is 1. The number of nitrogens with zero attached hydrogens (tertiary/aromatic N) is 3. The Bertz CT molecular complexity index is 328. The van der Waals surface area contributed by atoms with E-state index in [1.54, 1.807) is 6.33 Å². The SMILES string of the molecule is CCCN(C)c1cc(NCC(C)CN)ncn1. The highest BCUT2D eigenvalue weighted by Crippen LogP contribution is 2.13. The van der Waals surface area contributed by atoms with E-state index in [1.807, 2.05) is 13.1 Å². The first-order chi connectivity index (χ1) is 8.17. The Balaban J connectivity index is 2.59. The summed E-state index contributed by atoms with van der Waals surface area (Å²) >= 11 is 0. The lowest BCUT2D eigenvalue weighted by molar-refractivity contribution is 0.627. The van der Waals surface area contributed by atoms with Gasteiger partial charge in [-0.05, 0) is 18.9 Å². The first-order valence-corrected chi connectivity index (χ1v) is 6.14. The van der Waals surface area contributed by atoms with Gasteiger partial charge >= 0.3 is 0 Å². The predicted molar refractivity (Wildman–Crippen MR) is 72.3 cm³/mol. The van der Waals surface area contributed by atoms with Crippen LogP contribution in [0, 0.1) is 5.92 Å². The van der Waals surface area contributed by atoms with Crippen LogP contribution in [-0.2, 0) is 0 Å². The smallest absolute Gasteiger partial charge is 0.133 e. The van der Waals surface area contributed by atoms with E-state index in [2.05, 4.69) is 34.0 Å². The Morgan fingerprint density at radius 2 is 2.24 bits per heavy atom. The third-order valence-electron chi connectivity index (χ3n) is 2.64. The van der Waals surface area contributed by atoms with Gasteiger partial charge in [0.2, 0.25) is 0 Å². The molecular weight excluding hydrogens is 214 g/mol. The highest BCUT2D eigenvalue weighted by molar-refractivity contribution is 5.47. The Morgan fingerprint density at radius 3 is 2.88 bits per heavy atom. The lowest BCUT2D eigenvalue weighted by Gasteiger charge is -2.18. The molecule has 0 fully saturated rings. The number of hydrogen-bond acceptors (Lipinski definition) is 5. The molecule has 0 aromatic carbocycles. The number of hydrogen-bond donors (Lipinski definition) is 2. The molecule has 0 radical (unpaired) electrons. The molecular formula is C12H23N5. The Labute approximate surface area is 103 Å². The fourth-order valence-corrected chi connectivity index (χ4v) is 1.46. The lowest BCUT2D eigenvalue weighted by Crippen LogP contribution is -2.21. The van der Waals surface area contributed by atoms with E-state index in [1.165, 1.54) is 0 Å². The van der Waals surface area contributed by atoms with E-state index in [-0.39, 0.29) is 0 Å². The first kappa shape index (κ1) is 13.7. The van der Waals surface area contributed by atoms with Gasteiger partial charge in [0.05, 0.1) is 0 Å². The van der Waals surface area contributed by atoms with E-state index in [4.69, 9.17) is 5.73 Å². The third-order valence-corrected chi connectivity index (χ3v) is 2.64. The summed E-state index contributed by atoms with van der Waals surface area (Å²) in [4.78, 5) is 10.6. The van der Waals surface area contributed by atoms with Gasteiger partial charge in [0.1, 0.15) is 18.0 Å². The van der Waals surface area contributed by atoms with Crippen LogP contribution in [0.1, 0.15) is 20.3 Å². The van der Waals surface area contributed by atoms with Crippen molar-refractivity contribution in [3.63, 3.8) is 0 Å². The zero-order valence-corrected chi connectivity index (χ0v) is 11.0. The van der Waals surface area contributed by atoms with Crippen LogP contribution < -0.4 is 16.0 Å². The first-order valence-electron chi connectivity index (χ1n) is 6.14. The molecule has 1 atom stereocenters. The molecule has 3 N–H and O–H groups in total. The minimum atomic E-state index is 0.446. The van der Waals surface area contributed by atoms with Gasteiger partial charge < -0.3 is 16.0 Å². The third kappa shape index (κ3) is 4.56. The molecule has 0 amide bonds. The second kappa shape index (κ2) is 7.06. The van der Waals surface area contributed by atoms with Gasteiger partial charge in [-0.15, -0.1) is 0 Å². The van der Waals surface area contributed by atoms with Crippen LogP contribution in [0.3, 0.4) is 0 Å². The average Bonchev–Trinajstić information content (AvgIpc) is 2.36. The molecule has 5 nitrogen and oxygen atoms in total. The summed E-state index contributed by atoms with van der Waals surface area (Å²) in [5.41, 5.74) is 5.57. The molecule has 17 heavy (non-hydrogen) atoms. The van der Waals surface area contributed by atoms with Crippen molar-refractivity contribution in [2.45, 2.75) is 20.3 Å². The largest absolute Gasteiger partial charge is 0.370 e. The van der Waals surface area contributed by atoms with Gasteiger partial charge in [-0.2, -0.15) is 0 Å². The normalized spacial score (nSPS) is 12.2. The molecule has 1 rings (SSSR count). The molecule has 5 heteroatoms. The van der Waals surface area contributed by atoms with Gasteiger partial charge in [-0.1, -0.05) is 13.8 Å². The van der Waals surface area contributed by atoms with Crippen LogP contribution in [0.15, 0.2) is 12.4 Å². The molecule has 0 bridgehead atoms. The standard InChI is InChI=1S/C12H23N5/c1-4-5-17(3)12-6-11(15-9-16-12)14-8-10(2)7-13/h6,9-10H,4-5,7-8,13H2,1-3H3,(H,14,15,16). The van der Waals surface area contributed by atoms with Crippen LogP contribution in [0.2, 0.25) is 0 Å². The fourth-order valence-electron chi connectivity index (χ4n) is 1.46. The van der Waals surface area contributed by atoms with Crippen molar-refractivity contribution in [2.75, 3.05) is 36.9 Å². The Hall–Kier alpha value is -1.36. The number of aromatic nitrogens is 2. The summed E-state index contributed by atoms with van der Waals surface area (Å²) < 4.78 is 0. The van der Waals surface area contributed by atoms with Crippen molar-refractivity contribution >= 4 is 11.6 Å². The van der Waals surface area contributed by atoms with Crippen LogP contribution in [0.25, 0.3) is 0 Å². The molecule has 0 saturated heterocycles. The van der Waals surface area contributed by atoms with Crippen LogP contribution in [0.5, 0.6) is 0 Å². The summed E-state index contributed by atoms with van der Waals surface area (Å²) in [7, 11) is 2.04. The van der Waals surface area contributed by atoms with Crippen LogP contribution in [-0.4, -0.2) is 36.6 Å². The van der Waals surface area contributed by atoms with Gasteiger partial charge in [-0.25, -0.2) is 9.97 Å². The number of rotatable bonds is 7. The lowest BCUT2D eigenvalue weighted by atomic mass is 10.2. The van der Waals surface area contributed by atoms with Crippen molar-refractivity contribution in [1.29, 1.82) is 0 Å². The molecule has 0 aliphatic rings. The maximum absolute atomic E-state index is 5.57. The van der Waals surface area contributed by atoms with Crippen molar-refractivity contribution in [3.05, 3.63) is 12.4 Å². The topological polar surface area (TPSA) is 67.1 Å².